The molecule has 0 spiro atoms. The highest BCUT2D eigenvalue weighted by molar-refractivity contribution is 6.30. The van der Waals surface area contributed by atoms with Crippen molar-refractivity contribution in [2.45, 2.75) is 12.8 Å². The molecular formula is C15H15ClN2O2. The van der Waals surface area contributed by atoms with Crippen LogP contribution in [-0.2, 0) is 4.79 Å². The Morgan fingerprint density at radius 2 is 2.20 bits per heavy atom. The highest BCUT2D eigenvalue weighted by atomic mass is 35.5. The van der Waals surface area contributed by atoms with Crippen molar-refractivity contribution in [2.24, 2.45) is 16.9 Å². The van der Waals surface area contributed by atoms with Gasteiger partial charge in [0.2, 0.25) is 0 Å². The lowest BCUT2D eigenvalue weighted by Gasteiger charge is -2.31. The number of hydrazone groups is 1. The number of nitrogens with zero attached hydrogens (tertiary/aromatic N) is 1. The van der Waals surface area contributed by atoms with Crippen molar-refractivity contribution >= 4 is 23.2 Å². The molecule has 0 aromatic heterocycles. The Bertz CT molecular complexity index is 566. The fraction of sp³-hybridized carbons (Fsp3) is 0.333. The van der Waals surface area contributed by atoms with Gasteiger partial charge in [-0.25, -0.2) is 5.43 Å². The van der Waals surface area contributed by atoms with Gasteiger partial charge in [-0.1, -0.05) is 23.8 Å². The largest absolute Gasteiger partial charge is 0.484 e. The third-order valence-electron chi connectivity index (χ3n) is 3.67. The molecule has 4 nitrogen and oxygen atoms in total. The van der Waals surface area contributed by atoms with E-state index in [9.17, 15) is 4.79 Å². The molecule has 0 unspecified atom stereocenters. The summed E-state index contributed by atoms with van der Waals surface area (Å²) in [6, 6.07) is 6.89. The maximum absolute atomic E-state index is 11.6. The number of ether oxygens (including phenoxy) is 1. The monoisotopic (exact) mass is 290 g/mol. The molecule has 0 aliphatic heterocycles. The number of hydrogen-bond donors (Lipinski definition) is 1. The molecule has 104 valence electrons. The van der Waals surface area contributed by atoms with Crippen LogP contribution in [0.4, 0.5) is 0 Å². The molecule has 2 aliphatic rings. The summed E-state index contributed by atoms with van der Waals surface area (Å²) in [7, 11) is 0. The first kappa shape index (κ1) is 13.2. The number of hydrogen-bond acceptors (Lipinski definition) is 3. The van der Waals surface area contributed by atoms with E-state index in [1.54, 1.807) is 24.3 Å². The number of rotatable bonds is 4. The zero-order valence-corrected chi connectivity index (χ0v) is 11.6. The lowest BCUT2D eigenvalue weighted by Crippen LogP contribution is -2.36. The maximum Gasteiger partial charge on any atom is 0.277 e. The first-order chi connectivity index (χ1) is 9.72. The number of allylic oxidation sites excluding steroid dienone is 2. The van der Waals surface area contributed by atoms with Crippen LogP contribution >= 0.6 is 11.6 Å². The minimum absolute atomic E-state index is 0.0508. The van der Waals surface area contributed by atoms with Gasteiger partial charge in [0.25, 0.3) is 5.91 Å². The predicted molar refractivity (Wildman–Crippen MR) is 77.9 cm³/mol. The Morgan fingerprint density at radius 3 is 2.95 bits per heavy atom. The highest BCUT2D eigenvalue weighted by Gasteiger charge is 2.37. The van der Waals surface area contributed by atoms with E-state index in [1.807, 2.05) is 0 Å². The van der Waals surface area contributed by atoms with Crippen LogP contribution < -0.4 is 10.2 Å². The summed E-state index contributed by atoms with van der Waals surface area (Å²) in [5, 5.41) is 4.81. The van der Waals surface area contributed by atoms with E-state index >= 15 is 0 Å². The van der Waals surface area contributed by atoms with Crippen LogP contribution in [0, 0.1) is 11.8 Å². The summed E-state index contributed by atoms with van der Waals surface area (Å²) < 4.78 is 5.34. The van der Waals surface area contributed by atoms with Crippen LogP contribution in [0.2, 0.25) is 5.02 Å². The standard InChI is InChI=1S/C15H15ClN2O2/c16-11-4-6-12(7-5-11)20-9-15(19)18-17-14-8-10-2-1-3-13(10)14/h1-2,4-7,10,13H,3,8-9H2,(H,18,19)/b17-14-/t10-,13+/m0/s1. The van der Waals surface area contributed by atoms with Gasteiger partial charge in [-0.2, -0.15) is 5.10 Å². The Balaban J connectivity index is 1.44. The molecule has 2 aliphatic carbocycles. The average Bonchev–Trinajstić information content (AvgIpc) is 2.80. The van der Waals surface area contributed by atoms with Gasteiger partial charge in [-0.05, 0) is 43.0 Å². The van der Waals surface area contributed by atoms with Crippen molar-refractivity contribution in [1.82, 2.24) is 5.43 Å². The van der Waals surface area contributed by atoms with Crippen LogP contribution in [0.25, 0.3) is 0 Å². The Morgan fingerprint density at radius 1 is 1.40 bits per heavy atom. The number of nitrogens with one attached hydrogen (secondary N) is 1. The molecule has 0 heterocycles. The molecule has 2 atom stereocenters. The van der Waals surface area contributed by atoms with Gasteiger partial charge < -0.3 is 4.74 Å². The fourth-order valence-corrected chi connectivity index (χ4v) is 2.64. The summed E-state index contributed by atoms with van der Waals surface area (Å²) in [5.41, 5.74) is 3.63. The van der Waals surface area contributed by atoms with Gasteiger partial charge in [0.1, 0.15) is 5.75 Å². The number of benzene rings is 1. The molecule has 1 aromatic carbocycles. The number of carbonyl (C=O) groups excluding carboxylic acids is 1. The summed E-state index contributed by atoms with van der Waals surface area (Å²) >= 11 is 5.77. The second-order valence-electron chi connectivity index (χ2n) is 5.02. The van der Waals surface area contributed by atoms with Gasteiger partial charge in [0.15, 0.2) is 6.61 Å². The summed E-state index contributed by atoms with van der Waals surface area (Å²) in [4.78, 5) is 11.6. The van der Waals surface area contributed by atoms with Crippen LogP contribution in [0.15, 0.2) is 41.5 Å². The minimum Gasteiger partial charge on any atom is -0.484 e. The molecule has 0 bridgehead atoms. The van der Waals surface area contributed by atoms with Crippen molar-refractivity contribution in [2.75, 3.05) is 6.61 Å². The van der Waals surface area contributed by atoms with E-state index < -0.39 is 0 Å². The van der Waals surface area contributed by atoms with E-state index in [-0.39, 0.29) is 12.5 Å². The summed E-state index contributed by atoms with van der Waals surface area (Å²) in [6.07, 6.45) is 6.42. The van der Waals surface area contributed by atoms with Crippen molar-refractivity contribution in [1.29, 1.82) is 0 Å². The molecule has 1 fully saturated rings. The second-order valence-corrected chi connectivity index (χ2v) is 5.46. The normalized spacial score (nSPS) is 25.1. The summed E-state index contributed by atoms with van der Waals surface area (Å²) in [6.45, 7) is -0.0508. The minimum atomic E-state index is -0.248. The number of halogens is 1. The molecule has 20 heavy (non-hydrogen) atoms. The Hall–Kier alpha value is -1.81. The zero-order valence-electron chi connectivity index (χ0n) is 10.9. The average molecular weight is 291 g/mol. The third kappa shape index (κ3) is 2.85. The van der Waals surface area contributed by atoms with Gasteiger partial charge in [-0.15, -0.1) is 0 Å². The van der Waals surface area contributed by atoms with E-state index in [0.29, 0.717) is 22.6 Å². The van der Waals surface area contributed by atoms with E-state index in [2.05, 4.69) is 22.7 Å². The third-order valence-corrected chi connectivity index (χ3v) is 3.92. The molecule has 1 saturated carbocycles. The number of carbonyl (C=O) groups is 1. The van der Waals surface area contributed by atoms with Gasteiger partial charge >= 0.3 is 0 Å². The first-order valence-corrected chi connectivity index (χ1v) is 7.00. The number of amides is 1. The second kappa shape index (κ2) is 5.67. The van der Waals surface area contributed by atoms with Crippen molar-refractivity contribution in [3.63, 3.8) is 0 Å². The lowest BCUT2D eigenvalue weighted by atomic mass is 9.74. The SMILES string of the molecule is O=C(COc1ccc(Cl)cc1)N/N=C1/C[C@@H]2C=CC[C@@H]12. The van der Waals surface area contributed by atoms with Crippen LogP contribution in [0.3, 0.4) is 0 Å². The number of fused-ring (bicyclic) bond motifs is 1. The summed E-state index contributed by atoms with van der Waals surface area (Å²) in [5.74, 6) is 1.51. The first-order valence-electron chi connectivity index (χ1n) is 6.63. The topological polar surface area (TPSA) is 50.7 Å². The molecule has 0 radical (unpaired) electrons. The van der Waals surface area contributed by atoms with Crippen molar-refractivity contribution in [3.05, 3.63) is 41.4 Å². The smallest absolute Gasteiger partial charge is 0.277 e. The highest BCUT2D eigenvalue weighted by Crippen LogP contribution is 2.39. The van der Waals surface area contributed by atoms with Gasteiger partial charge in [0.05, 0.1) is 0 Å². The van der Waals surface area contributed by atoms with Crippen LogP contribution in [-0.4, -0.2) is 18.2 Å². The molecule has 1 N–H and O–H groups in total. The van der Waals surface area contributed by atoms with Crippen LogP contribution in [0.1, 0.15) is 12.8 Å². The van der Waals surface area contributed by atoms with E-state index in [4.69, 9.17) is 16.3 Å². The van der Waals surface area contributed by atoms with E-state index in [1.165, 1.54) is 0 Å². The fourth-order valence-electron chi connectivity index (χ4n) is 2.51. The lowest BCUT2D eigenvalue weighted by molar-refractivity contribution is -0.123. The molecular weight excluding hydrogens is 276 g/mol. The predicted octanol–water partition coefficient (Wildman–Crippen LogP) is 2.79. The molecule has 1 amide bonds. The quantitative estimate of drug-likeness (QED) is 0.685. The zero-order chi connectivity index (χ0) is 13.9. The molecule has 5 heteroatoms. The van der Waals surface area contributed by atoms with Gasteiger partial charge in [-0.3, -0.25) is 4.79 Å². The van der Waals surface area contributed by atoms with E-state index in [0.717, 1.165) is 18.6 Å². The Labute approximate surface area is 122 Å². The van der Waals surface area contributed by atoms with Crippen LogP contribution in [0.5, 0.6) is 5.75 Å². The Kier molecular flexibility index (Phi) is 3.74. The maximum atomic E-state index is 11.6. The molecule has 0 saturated heterocycles. The molecule has 3 rings (SSSR count). The van der Waals surface area contributed by atoms with Crippen molar-refractivity contribution < 1.29 is 9.53 Å². The molecule has 1 aromatic rings. The van der Waals surface area contributed by atoms with Crippen molar-refractivity contribution in [3.8, 4) is 5.75 Å². The van der Waals surface area contributed by atoms with Gasteiger partial charge in [0, 0.05) is 16.7 Å².